The molecule has 0 unspecified atom stereocenters. The van der Waals surface area contributed by atoms with Crippen molar-refractivity contribution >= 4 is 43.7 Å². The molecule has 0 radical (unpaired) electrons. The number of imidazole rings is 1. The molecule has 0 saturated heterocycles. The van der Waals surface area contributed by atoms with Crippen LogP contribution in [0.3, 0.4) is 0 Å². The van der Waals surface area contributed by atoms with Gasteiger partial charge in [0.2, 0.25) is 0 Å². The van der Waals surface area contributed by atoms with E-state index in [1.807, 2.05) is 18.3 Å². The molecule has 0 bridgehead atoms. The van der Waals surface area contributed by atoms with Crippen LogP contribution in [0.2, 0.25) is 0 Å². The van der Waals surface area contributed by atoms with Crippen LogP contribution in [-0.4, -0.2) is 19.6 Å². The zero-order valence-electron chi connectivity index (χ0n) is 37.5. The Balaban J connectivity index is 1.22. The molecule has 3 aromatic heterocycles. The van der Waals surface area contributed by atoms with Crippen LogP contribution in [0.1, 0.15) is 52.7 Å². The van der Waals surface area contributed by atoms with Crippen LogP contribution in [0.25, 0.3) is 105 Å². The lowest BCUT2D eigenvalue weighted by atomic mass is 9.79. The number of pyridine rings is 1. The number of para-hydroxylation sites is 2. The number of fused-ring (bicyclic) bond motifs is 6. The van der Waals surface area contributed by atoms with Crippen LogP contribution in [-0.2, 0) is 10.8 Å². The minimum Gasteiger partial charge on any atom is -0.507 e. The summed E-state index contributed by atoms with van der Waals surface area (Å²) in [5, 5.41) is 16.7. The van der Waals surface area contributed by atoms with Gasteiger partial charge >= 0.3 is 0 Å². The van der Waals surface area contributed by atoms with E-state index in [9.17, 15) is 5.11 Å². The Morgan fingerprint density at radius 3 is 1.97 bits per heavy atom. The number of aromatic nitrogens is 3. The second-order valence-electron chi connectivity index (χ2n) is 19.2. The van der Waals surface area contributed by atoms with Crippen LogP contribution in [0.5, 0.6) is 5.75 Å². The zero-order valence-corrected chi connectivity index (χ0v) is 37.5. The van der Waals surface area contributed by atoms with Crippen LogP contribution in [0, 0.1) is 0 Å². The molecule has 316 valence electrons. The van der Waals surface area contributed by atoms with Gasteiger partial charge in [0.05, 0.1) is 33.4 Å². The average molecular weight is 844 g/mol. The average Bonchev–Trinajstić information content (AvgIpc) is 3.91. The van der Waals surface area contributed by atoms with E-state index in [0.29, 0.717) is 11.4 Å². The fourth-order valence-electron chi connectivity index (χ4n) is 9.48. The van der Waals surface area contributed by atoms with Gasteiger partial charge in [-0.1, -0.05) is 169 Å². The zero-order chi connectivity index (χ0) is 44.6. The van der Waals surface area contributed by atoms with Crippen LogP contribution in [0.4, 0.5) is 0 Å². The molecule has 11 aromatic rings. The lowest BCUT2D eigenvalue weighted by molar-refractivity contribution is 0.446. The summed E-state index contributed by atoms with van der Waals surface area (Å²) in [5.74, 6) is 0.918. The second-order valence-corrected chi connectivity index (χ2v) is 19.2. The normalized spacial score (nSPS) is 12.2. The fraction of sp³-hybridized carbons (Fsp3) is 0.133. The molecule has 0 atom stereocenters. The van der Waals surface area contributed by atoms with Crippen molar-refractivity contribution in [2.24, 2.45) is 0 Å². The molecule has 5 heteroatoms. The van der Waals surface area contributed by atoms with Crippen molar-refractivity contribution in [3.05, 3.63) is 193 Å². The molecule has 1 N–H and O–H groups in total. The van der Waals surface area contributed by atoms with Crippen molar-refractivity contribution < 1.29 is 9.52 Å². The number of phenols is 1. The third-order valence-corrected chi connectivity index (χ3v) is 12.8. The van der Waals surface area contributed by atoms with Crippen molar-refractivity contribution in [1.29, 1.82) is 0 Å². The molecule has 65 heavy (non-hydrogen) atoms. The molecule has 0 amide bonds. The second kappa shape index (κ2) is 15.2. The number of furan rings is 1. The largest absolute Gasteiger partial charge is 0.507 e. The number of hydrogen-bond acceptors (Lipinski definition) is 4. The van der Waals surface area contributed by atoms with Gasteiger partial charge in [0.1, 0.15) is 22.7 Å². The highest BCUT2D eigenvalue weighted by molar-refractivity contribution is 6.18. The van der Waals surface area contributed by atoms with E-state index in [2.05, 4.69) is 210 Å². The molecular formula is C60H49N3O2. The fourth-order valence-corrected chi connectivity index (χ4v) is 9.48. The number of hydrogen-bond donors (Lipinski definition) is 1. The standard InChI is InChI=1S/C60H49N3O2/c1-59(2,3)43-35-48(56(64)49(36-43)60(4,5)6)58-62-55-45(25-17-27-51(55)63(58)50-26-16-15-23-44(50)38-20-11-8-12-21-38)41-32-40(37-18-9-7-10-19-37)33-42(34-41)54-53-47-29-28-39-22-13-14-24-46(39)57(47)65-52(53)30-31-61-54/h7-36,64H,1-6H3. The van der Waals surface area contributed by atoms with Gasteiger partial charge in [-0.3, -0.25) is 9.55 Å². The first kappa shape index (κ1) is 40.0. The SMILES string of the molecule is CC(C)(C)c1cc(-c2nc3c(-c4cc(-c5ccccc5)cc(-c5nccc6oc7c8ccccc8ccc7c56)c4)cccc3n2-c2ccccc2-c2ccccc2)c(O)c(C(C)(C)C)c1. The number of benzene rings is 8. The molecule has 11 rings (SSSR count). The first-order valence-corrected chi connectivity index (χ1v) is 22.4. The molecule has 0 aliphatic heterocycles. The highest BCUT2D eigenvalue weighted by Crippen LogP contribution is 2.46. The highest BCUT2D eigenvalue weighted by atomic mass is 16.3. The van der Waals surface area contributed by atoms with E-state index in [1.54, 1.807) is 0 Å². The van der Waals surface area contributed by atoms with Crippen molar-refractivity contribution in [2.45, 2.75) is 52.4 Å². The quantitative estimate of drug-likeness (QED) is 0.181. The Morgan fingerprint density at radius 1 is 0.523 bits per heavy atom. The van der Waals surface area contributed by atoms with E-state index >= 15 is 0 Å². The number of nitrogens with zero attached hydrogens (tertiary/aromatic N) is 3. The van der Waals surface area contributed by atoms with Gasteiger partial charge in [0.25, 0.3) is 0 Å². The highest BCUT2D eigenvalue weighted by Gasteiger charge is 2.29. The maximum absolute atomic E-state index is 12.5. The third-order valence-electron chi connectivity index (χ3n) is 12.8. The van der Waals surface area contributed by atoms with E-state index in [0.717, 1.165) is 105 Å². The Kier molecular flexibility index (Phi) is 9.37. The van der Waals surface area contributed by atoms with Crippen molar-refractivity contribution in [1.82, 2.24) is 14.5 Å². The molecule has 8 aromatic carbocycles. The van der Waals surface area contributed by atoms with Crippen LogP contribution < -0.4 is 0 Å². The van der Waals surface area contributed by atoms with E-state index in [-0.39, 0.29) is 16.6 Å². The molecule has 5 nitrogen and oxygen atoms in total. The number of aromatic hydroxyl groups is 1. The van der Waals surface area contributed by atoms with E-state index in [1.165, 1.54) is 0 Å². The topological polar surface area (TPSA) is 64.1 Å². The van der Waals surface area contributed by atoms with Gasteiger partial charge in [0, 0.05) is 39.2 Å². The van der Waals surface area contributed by atoms with Gasteiger partial charge in [0.15, 0.2) is 0 Å². The Morgan fingerprint density at radius 2 is 1.20 bits per heavy atom. The van der Waals surface area contributed by atoms with Crippen LogP contribution in [0.15, 0.2) is 187 Å². The summed E-state index contributed by atoms with van der Waals surface area (Å²) >= 11 is 0. The van der Waals surface area contributed by atoms with Gasteiger partial charge in [-0.2, -0.15) is 0 Å². The summed E-state index contributed by atoms with van der Waals surface area (Å²) in [6.07, 6.45) is 1.85. The van der Waals surface area contributed by atoms with Gasteiger partial charge < -0.3 is 9.52 Å². The Bertz CT molecular complexity index is 3620. The summed E-state index contributed by atoms with van der Waals surface area (Å²) in [7, 11) is 0. The molecular weight excluding hydrogens is 795 g/mol. The van der Waals surface area contributed by atoms with Crippen LogP contribution >= 0.6 is 0 Å². The van der Waals surface area contributed by atoms with Crippen molar-refractivity contribution in [3.63, 3.8) is 0 Å². The molecule has 0 fully saturated rings. The lowest BCUT2D eigenvalue weighted by Crippen LogP contribution is -2.17. The maximum Gasteiger partial charge on any atom is 0.149 e. The molecule has 0 spiro atoms. The lowest BCUT2D eigenvalue weighted by Gasteiger charge is -2.27. The monoisotopic (exact) mass is 843 g/mol. The minimum absolute atomic E-state index is 0.190. The Labute approximate surface area is 379 Å². The summed E-state index contributed by atoms with van der Waals surface area (Å²) in [4.78, 5) is 10.8. The number of phenolic OH excluding ortho intramolecular Hbond substituents is 1. The summed E-state index contributed by atoms with van der Waals surface area (Å²) < 4.78 is 8.90. The van der Waals surface area contributed by atoms with Crippen molar-refractivity contribution in [2.75, 3.05) is 0 Å². The van der Waals surface area contributed by atoms with E-state index in [4.69, 9.17) is 14.4 Å². The predicted octanol–water partition coefficient (Wildman–Crippen LogP) is 16.1. The van der Waals surface area contributed by atoms with Crippen molar-refractivity contribution in [3.8, 4) is 67.5 Å². The Hall–Kier alpha value is -7.76. The first-order valence-electron chi connectivity index (χ1n) is 22.4. The molecule has 0 aliphatic carbocycles. The molecule has 0 saturated carbocycles. The number of rotatable bonds is 6. The smallest absolute Gasteiger partial charge is 0.149 e. The maximum atomic E-state index is 12.5. The minimum atomic E-state index is -0.331. The predicted molar refractivity (Wildman–Crippen MR) is 270 cm³/mol. The van der Waals surface area contributed by atoms with Gasteiger partial charge in [-0.05, 0) is 92.6 Å². The third kappa shape index (κ3) is 6.87. The summed E-state index contributed by atoms with van der Waals surface area (Å²) in [6, 6.07) is 61.7. The van der Waals surface area contributed by atoms with Gasteiger partial charge in [-0.25, -0.2) is 4.98 Å². The molecule has 3 heterocycles. The summed E-state index contributed by atoms with van der Waals surface area (Å²) in [6.45, 7) is 13.1. The van der Waals surface area contributed by atoms with Gasteiger partial charge in [-0.15, -0.1) is 0 Å². The van der Waals surface area contributed by atoms with E-state index < -0.39 is 0 Å². The molecule has 0 aliphatic rings. The summed E-state index contributed by atoms with van der Waals surface area (Å²) in [5.41, 5.74) is 14.7. The first-order chi connectivity index (χ1) is 31.4.